The summed E-state index contributed by atoms with van der Waals surface area (Å²) in [6.07, 6.45) is 2.32. The third-order valence-corrected chi connectivity index (χ3v) is 9.77. The zero-order valence-corrected chi connectivity index (χ0v) is 31.9. The van der Waals surface area contributed by atoms with Gasteiger partial charge < -0.3 is 30.7 Å². The summed E-state index contributed by atoms with van der Waals surface area (Å²) < 4.78 is 34.0. The summed E-state index contributed by atoms with van der Waals surface area (Å²) in [7, 11) is 6.55. The van der Waals surface area contributed by atoms with Gasteiger partial charge in [-0.3, -0.25) is 4.79 Å². The Hall–Kier alpha value is -4.89. The molecule has 16 heteroatoms. The molecular weight excluding hydrogens is 741 g/mol. The SMILES string of the molecule is CNCCCN(CCO)C(=O)NC.COc1nc(-c2cccc(-c3cccc(Nc4nc(C(F)F)cc5cnn(C)c(=O)c45)c3Cl)c2Cl)cc2c1CCC2. The van der Waals surface area contributed by atoms with E-state index in [9.17, 15) is 18.4 Å². The fourth-order valence-corrected chi connectivity index (χ4v) is 6.87. The lowest BCUT2D eigenvalue weighted by atomic mass is 9.99. The normalized spacial score (nSPS) is 12.0. The zero-order valence-electron chi connectivity index (χ0n) is 30.4. The van der Waals surface area contributed by atoms with Gasteiger partial charge in [0, 0.05) is 54.8 Å². The van der Waals surface area contributed by atoms with Crippen molar-refractivity contribution in [3.63, 3.8) is 0 Å². The molecule has 2 amide bonds. The number of carbonyl (C=O) groups excluding carboxylic acids is 1. The molecule has 1 aliphatic rings. The molecule has 5 aromatic rings. The summed E-state index contributed by atoms with van der Waals surface area (Å²) in [6, 6.07) is 13.9. The summed E-state index contributed by atoms with van der Waals surface area (Å²) in [5.41, 5.74) is 4.39. The first-order chi connectivity index (χ1) is 26.0. The number of anilines is 2. The number of hydrogen-bond donors (Lipinski definition) is 4. The summed E-state index contributed by atoms with van der Waals surface area (Å²) >= 11 is 13.9. The second-order valence-corrected chi connectivity index (χ2v) is 13.2. The number of aromatic nitrogens is 4. The van der Waals surface area contributed by atoms with E-state index < -0.39 is 17.7 Å². The minimum atomic E-state index is -2.85. The van der Waals surface area contributed by atoms with E-state index in [0.717, 1.165) is 54.1 Å². The van der Waals surface area contributed by atoms with E-state index in [1.54, 1.807) is 37.3 Å². The maximum atomic E-state index is 13.7. The van der Waals surface area contributed by atoms with Gasteiger partial charge in [0.15, 0.2) is 0 Å². The van der Waals surface area contributed by atoms with Gasteiger partial charge in [-0.25, -0.2) is 28.2 Å². The number of benzene rings is 2. The van der Waals surface area contributed by atoms with Crippen LogP contribution in [0.15, 0.2) is 59.5 Å². The molecule has 4 N–H and O–H groups in total. The van der Waals surface area contributed by atoms with Crippen LogP contribution < -0.4 is 26.2 Å². The number of ether oxygens (including phenoxy) is 1. The lowest BCUT2D eigenvalue weighted by Crippen LogP contribution is -2.41. The first-order valence-corrected chi connectivity index (χ1v) is 18.1. The third-order valence-electron chi connectivity index (χ3n) is 8.96. The van der Waals surface area contributed by atoms with Gasteiger partial charge in [-0.05, 0) is 63.0 Å². The molecule has 0 fully saturated rings. The molecule has 12 nitrogen and oxygen atoms in total. The number of nitrogens with one attached hydrogen (secondary N) is 3. The molecular formula is C38H42Cl2F2N8O4. The first-order valence-electron chi connectivity index (χ1n) is 17.3. The number of methoxy groups -OCH3 is 1. The lowest BCUT2D eigenvalue weighted by molar-refractivity contribution is 0.146. The van der Waals surface area contributed by atoms with Crippen LogP contribution in [0.4, 0.5) is 25.1 Å². The number of urea groups is 1. The van der Waals surface area contributed by atoms with Crippen LogP contribution in [0, 0.1) is 0 Å². The largest absolute Gasteiger partial charge is 0.481 e. The van der Waals surface area contributed by atoms with Gasteiger partial charge >= 0.3 is 6.03 Å². The van der Waals surface area contributed by atoms with Gasteiger partial charge in [0.2, 0.25) is 5.88 Å². The monoisotopic (exact) mass is 782 g/mol. The second kappa shape index (κ2) is 18.4. The van der Waals surface area contributed by atoms with Crippen LogP contribution >= 0.6 is 23.2 Å². The summed E-state index contributed by atoms with van der Waals surface area (Å²) in [4.78, 5) is 34.5. The third kappa shape index (κ3) is 8.90. The van der Waals surface area contributed by atoms with Crippen molar-refractivity contribution in [3.05, 3.63) is 91.9 Å². The van der Waals surface area contributed by atoms with Crippen molar-refractivity contribution in [1.29, 1.82) is 0 Å². The van der Waals surface area contributed by atoms with Crippen molar-refractivity contribution >= 4 is 51.5 Å². The Morgan fingerprint density at radius 3 is 2.44 bits per heavy atom. The molecule has 3 heterocycles. The Balaban J connectivity index is 0.000000370. The van der Waals surface area contributed by atoms with Gasteiger partial charge in [0.25, 0.3) is 12.0 Å². The molecule has 0 radical (unpaired) electrons. The summed E-state index contributed by atoms with van der Waals surface area (Å²) in [5.74, 6) is 0.557. The summed E-state index contributed by atoms with van der Waals surface area (Å²) in [6.45, 7) is 1.94. The molecule has 0 aliphatic heterocycles. The Bertz CT molecular complexity index is 2190. The number of rotatable bonds is 12. The van der Waals surface area contributed by atoms with Crippen molar-refractivity contribution in [2.45, 2.75) is 32.1 Å². The topological polar surface area (TPSA) is 147 Å². The van der Waals surface area contributed by atoms with Crippen molar-refractivity contribution < 1.29 is 23.4 Å². The Kier molecular flexibility index (Phi) is 13.8. The van der Waals surface area contributed by atoms with Crippen LogP contribution in [0.5, 0.6) is 5.88 Å². The maximum Gasteiger partial charge on any atom is 0.317 e. The molecule has 0 spiro atoms. The van der Waals surface area contributed by atoms with Gasteiger partial charge in [0.05, 0.1) is 46.7 Å². The number of nitrogens with zero attached hydrogens (tertiary/aromatic N) is 5. The van der Waals surface area contributed by atoms with Gasteiger partial charge in [-0.2, -0.15) is 5.10 Å². The minimum Gasteiger partial charge on any atom is -0.481 e. The predicted molar refractivity (Wildman–Crippen MR) is 208 cm³/mol. The number of alkyl halides is 2. The molecule has 1 aliphatic carbocycles. The Morgan fingerprint density at radius 2 is 1.76 bits per heavy atom. The molecule has 0 saturated heterocycles. The predicted octanol–water partition coefficient (Wildman–Crippen LogP) is 6.77. The molecule has 286 valence electrons. The fraction of sp³-hybridized carbons (Fsp3) is 0.342. The van der Waals surface area contributed by atoms with Crippen molar-refractivity contribution in [2.75, 3.05) is 52.8 Å². The van der Waals surface area contributed by atoms with Gasteiger partial charge in [0.1, 0.15) is 11.5 Å². The molecule has 0 atom stereocenters. The molecule has 3 aromatic heterocycles. The van der Waals surface area contributed by atoms with Crippen molar-refractivity contribution in [3.8, 4) is 28.3 Å². The van der Waals surface area contributed by atoms with E-state index in [-0.39, 0.29) is 34.3 Å². The number of pyridine rings is 2. The van der Waals surface area contributed by atoms with E-state index in [1.165, 1.54) is 18.8 Å². The molecule has 2 aromatic carbocycles. The molecule has 54 heavy (non-hydrogen) atoms. The number of hydrogen-bond acceptors (Lipinski definition) is 9. The quantitative estimate of drug-likeness (QED) is 0.101. The van der Waals surface area contributed by atoms with E-state index in [2.05, 4.69) is 32.1 Å². The molecule has 6 rings (SSSR count). The first kappa shape index (κ1) is 40.3. The van der Waals surface area contributed by atoms with E-state index in [1.807, 2.05) is 25.2 Å². The van der Waals surface area contributed by atoms with E-state index in [4.69, 9.17) is 38.0 Å². The molecule has 0 unspecified atom stereocenters. The number of fused-ring (bicyclic) bond motifs is 2. The van der Waals surface area contributed by atoms with Crippen LogP contribution in [-0.4, -0.2) is 83.2 Å². The van der Waals surface area contributed by atoms with E-state index >= 15 is 0 Å². The number of aliphatic hydroxyl groups is 1. The lowest BCUT2D eigenvalue weighted by Gasteiger charge is -2.20. The fourth-order valence-electron chi connectivity index (χ4n) is 6.27. The number of aliphatic hydroxyl groups excluding tert-OH is 1. The smallest absolute Gasteiger partial charge is 0.317 e. The van der Waals surface area contributed by atoms with Crippen LogP contribution in [0.1, 0.15) is 36.1 Å². The van der Waals surface area contributed by atoms with Crippen molar-refractivity contribution in [1.82, 2.24) is 35.3 Å². The van der Waals surface area contributed by atoms with Crippen molar-refractivity contribution in [2.24, 2.45) is 7.05 Å². The standard InChI is InChI=1S/C30H23Cl2F2N5O2.C8H19N3O2/c1-39-30(40)24-16(14-35-39)13-23(27(33)34)37-28(24)36-21-11-5-9-19(26(21)32)18-8-4-10-20(25(18)31)22-12-15-6-3-7-17(15)29(38-22)41-2;1-9-4-3-5-11(6-7-12)8(13)10-2/h4-5,8-14,27H,3,6-7H2,1-2H3,(H,36,37);9,12H,3-7H2,1-2H3,(H,10,13). The number of carbonyl (C=O) groups is 1. The highest BCUT2D eigenvalue weighted by atomic mass is 35.5. The number of aryl methyl sites for hydroxylation is 2. The van der Waals surface area contributed by atoms with Crippen LogP contribution in [-0.2, 0) is 19.9 Å². The highest BCUT2D eigenvalue weighted by Crippen LogP contribution is 2.43. The Labute approximate surface area is 321 Å². The average molecular weight is 784 g/mol. The van der Waals surface area contributed by atoms with Gasteiger partial charge in [-0.1, -0.05) is 53.5 Å². The second-order valence-electron chi connectivity index (χ2n) is 12.4. The average Bonchev–Trinajstić information content (AvgIpc) is 3.65. The number of amides is 2. The number of halogens is 4. The van der Waals surface area contributed by atoms with Gasteiger partial charge in [-0.15, -0.1) is 0 Å². The van der Waals surface area contributed by atoms with Crippen LogP contribution in [0.3, 0.4) is 0 Å². The van der Waals surface area contributed by atoms with E-state index in [0.29, 0.717) is 46.5 Å². The minimum absolute atomic E-state index is 0.00692. The molecule has 0 saturated carbocycles. The zero-order chi connectivity index (χ0) is 38.9. The Morgan fingerprint density at radius 1 is 1.04 bits per heavy atom. The van der Waals surface area contributed by atoms with Crippen LogP contribution in [0.2, 0.25) is 10.0 Å². The highest BCUT2D eigenvalue weighted by molar-refractivity contribution is 6.39. The maximum absolute atomic E-state index is 13.7. The van der Waals surface area contributed by atoms with Crippen LogP contribution in [0.25, 0.3) is 33.2 Å². The highest BCUT2D eigenvalue weighted by Gasteiger charge is 2.22. The molecule has 0 bridgehead atoms. The summed E-state index contributed by atoms with van der Waals surface area (Å²) in [5, 5.41) is 22.3.